The van der Waals surface area contributed by atoms with Gasteiger partial charge in [0.15, 0.2) is 6.20 Å². The van der Waals surface area contributed by atoms with Crippen LogP contribution >= 0.6 is 11.6 Å². The van der Waals surface area contributed by atoms with Crippen molar-refractivity contribution in [2.75, 3.05) is 0 Å². The summed E-state index contributed by atoms with van der Waals surface area (Å²) < 4.78 is 37.1. The molecule has 1 rings (SSSR count). The second-order valence-electron chi connectivity index (χ2n) is 2.22. The van der Waals surface area contributed by atoms with Gasteiger partial charge in [-0.15, -0.1) is 0 Å². The Morgan fingerprint density at radius 2 is 2.14 bits per heavy atom. The zero-order valence-electron chi connectivity index (χ0n) is 6.38. The molecule has 0 saturated carbocycles. The molecule has 0 saturated heterocycles. The summed E-state index contributed by atoms with van der Waals surface area (Å²) in [5.74, 6) is -2.71. The lowest BCUT2D eigenvalue weighted by Gasteiger charge is -2.01. The molecule has 0 amide bonds. The summed E-state index contributed by atoms with van der Waals surface area (Å²) in [4.78, 5) is 11.9. The third-order valence-corrected chi connectivity index (χ3v) is 1.76. The molecule has 76 valence electrons. The third-order valence-electron chi connectivity index (χ3n) is 1.38. The van der Waals surface area contributed by atoms with E-state index in [-0.39, 0.29) is 0 Å². The zero-order valence-corrected chi connectivity index (χ0v) is 7.13. The van der Waals surface area contributed by atoms with E-state index in [0.29, 0.717) is 6.20 Å². The molecule has 0 N–H and O–H groups in total. The molecule has 0 aliphatic heterocycles. The molecule has 14 heavy (non-hydrogen) atoms. The maximum atomic E-state index is 12.9. The van der Waals surface area contributed by atoms with Crippen molar-refractivity contribution in [1.29, 1.82) is 0 Å². The van der Waals surface area contributed by atoms with Crippen LogP contribution in [-0.2, 0) is 0 Å². The first-order valence-corrected chi connectivity index (χ1v) is 3.59. The van der Waals surface area contributed by atoms with Gasteiger partial charge in [-0.05, 0) is 9.91 Å². The minimum Gasteiger partial charge on any atom is -0.358 e. The van der Waals surface area contributed by atoms with Crippen molar-refractivity contribution in [3.8, 4) is 0 Å². The summed E-state index contributed by atoms with van der Waals surface area (Å²) in [5.41, 5.74) is -0.866. The van der Waals surface area contributed by atoms with E-state index in [1.54, 1.807) is 0 Å². The molecule has 0 bridgehead atoms. The van der Waals surface area contributed by atoms with Gasteiger partial charge >= 0.3 is 5.82 Å². The number of pyridine rings is 1. The smallest absolute Gasteiger partial charge is 0.358 e. The fourth-order valence-electron chi connectivity index (χ4n) is 0.748. The molecule has 0 unspecified atom stereocenters. The number of nitro groups is 1. The zero-order chi connectivity index (χ0) is 10.9. The molecule has 0 radical (unpaired) electrons. The van der Waals surface area contributed by atoms with Crippen LogP contribution in [0.4, 0.5) is 19.0 Å². The molecule has 1 heterocycles. The Bertz CT molecular complexity index is 386. The standard InChI is InChI=1S/C6H2ClF3N2O2/c7-3-2(5(9)10)1-11-6(4(3)8)12(13)14/h1,5H. The van der Waals surface area contributed by atoms with Crippen molar-refractivity contribution in [2.24, 2.45) is 0 Å². The number of halogens is 4. The number of hydrogen-bond donors (Lipinski definition) is 0. The first-order valence-electron chi connectivity index (χ1n) is 3.21. The topological polar surface area (TPSA) is 56.0 Å². The fourth-order valence-corrected chi connectivity index (χ4v) is 0.964. The van der Waals surface area contributed by atoms with E-state index < -0.39 is 33.6 Å². The summed E-state index contributed by atoms with van der Waals surface area (Å²) in [6.45, 7) is 0. The van der Waals surface area contributed by atoms with Crippen molar-refractivity contribution in [3.63, 3.8) is 0 Å². The van der Waals surface area contributed by atoms with E-state index in [0.717, 1.165) is 0 Å². The Balaban J connectivity index is 3.33. The van der Waals surface area contributed by atoms with E-state index in [4.69, 9.17) is 11.6 Å². The molecule has 8 heteroatoms. The van der Waals surface area contributed by atoms with Gasteiger partial charge in [-0.25, -0.2) is 8.78 Å². The van der Waals surface area contributed by atoms with Gasteiger partial charge in [-0.1, -0.05) is 11.6 Å². The number of nitrogens with zero attached hydrogens (tertiary/aromatic N) is 2. The van der Waals surface area contributed by atoms with E-state index >= 15 is 0 Å². The molecule has 0 aliphatic carbocycles. The largest absolute Gasteiger partial charge is 0.401 e. The SMILES string of the molecule is O=[N+]([O-])c1ncc(C(F)F)c(Cl)c1F. The van der Waals surface area contributed by atoms with Gasteiger partial charge in [-0.3, -0.25) is 0 Å². The Morgan fingerprint density at radius 1 is 1.57 bits per heavy atom. The van der Waals surface area contributed by atoms with Crippen LogP contribution in [0.5, 0.6) is 0 Å². The Hall–Kier alpha value is -1.37. The number of aromatic nitrogens is 1. The van der Waals surface area contributed by atoms with Crippen LogP contribution < -0.4 is 0 Å². The van der Waals surface area contributed by atoms with E-state index in [1.165, 1.54) is 0 Å². The molecule has 1 aromatic rings. The summed E-state index contributed by atoms with van der Waals surface area (Å²) in [5, 5.41) is 9.14. The second-order valence-corrected chi connectivity index (χ2v) is 2.60. The van der Waals surface area contributed by atoms with Gasteiger partial charge in [0.2, 0.25) is 5.82 Å². The first kappa shape index (κ1) is 10.7. The molecule has 1 aromatic heterocycles. The lowest BCUT2D eigenvalue weighted by Crippen LogP contribution is -2.00. The van der Waals surface area contributed by atoms with Gasteiger partial charge in [0.25, 0.3) is 6.43 Å². The van der Waals surface area contributed by atoms with Gasteiger partial charge in [0, 0.05) is 0 Å². The van der Waals surface area contributed by atoms with E-state index in [2.05, 4.69) is 4.98 Å². The highest BCUT2D eigenvalue weighted by Gasteiger charge is 2.25. The highest BCUT2D eigenvalue weighted by atomic mass is 35.5. The predicted octanol–water partition coefficient (Wildman–Crippen LogP) is 2.72. The van der Waals surface area contributed by atoms with Crippen LogP contribution in [0.15, 0.2) is 6.20 Å². The molecular formula is C6H2ClF3N2O2. The molecular weight excluding hydrogens is 225 g/mol. The Morgan fingerprint density at radius 3 is 2.57 bits per heavy atom. The van der Waals surface area contributed by atoms with Crippen LogP contribution in [0.3, 0.4) is 0 Å². The predicted molar refractivity (Wildman–Crippen MR) is 40.8 cm³/mol. The van der Waals surface area contributed by atoms with Crippen molar-refractivity contribution >= 4 is 17.4 Å². The lowest BCUT2D eigenvalue weighted by atomic mass is 10.3. The van der Waals surface area contributed by atoms with E-state index in [1.807, 2.05) is 0 Å². The highest BCUT2D eigenvalue weighted by Crippen LogP contribution is 2.31. The maximum absolute atomic E-state index is 12.9. The van der Waals surface area contributed by atoms with Crippen molar-refractivity contribution in [1.82, 2.24) is 4.98 Å². The molecule has 0 aromatic carbocycles. The summed E-state index contributed by atoms with van der Waals surface area (Å²) in [6, 6.07) is 0. The van der Waals surface area contributed by atoms with E-state index in [9.17, 15) is 23.3 Å². The first-order chi connectivity index (χ1) is 6.45. The summed E-state index contributed by atoms with van der Waals surface area (Å²) in [7, 11) is 0. The number of rotatable bonds is 2. The van der Waals surface area contributed by atoms with Crippen LogP contribution in [0.25, 0.3) is 0 Å². The quantitative estimate of drug-likeness (QED) is 0.575. The molecule has 0 atom stereocenters. The normalized spacial score (nSPS) is 10.6. The molecule has 0 fully saturated rings. The molecule has 4 nitrogen and oxygen atoms in total. The van der Waals surface area contributed by atoms with Gasteiger partial charge in [0.05, 0.1) is 10.6 Å². The second kappa shape index (κ2) is 3.79. The lowest BCUT2D eigenvalue weighted by molar-refractivity contribution is -0.392. The molecule has 0 aliphatic rings. The highest BCUT2D eigenvalue weighted by molar-refractivity contribution is 6.31. The number of hydrogen-bond acceptors (Lipinski definition) is 3. The van der Waals surface area contributed by atoms with Gasteiger partial charge in [0.1, 0.15) is 0 Å². The van der Waals surface area contributed by atoms with Gasteiger partial charge < -0.3 is 10.1 Å². The minimum atomic E-state index is -3.02. The molecule has 0 spiro atoms. The summed E-state index contributed by atoms with van der Waals surface area (Å²) >= 11 is 5.14. The van der Waals surface area contributed by atoms with Crippen LogP contribution in [0.2, 0.25) is 5.02 Å². The average Bonchev–Trinajstić information content (AvgIpc) is 2.08. The van der Waals surface area contributed by atoms with Gasteiger partial charge in [-0.2, -0.15) is 4.39 Å². The van der Waals surface area contributed by atoms with Crippen LogP contribution in [0, 0.1) is 15.9 Å². The van der Waals surface area contributed by atoms with Crippen LogP contribution in [0.1, 0.15) is 12.0 Å². The van der Waals surface area contributed by atoms with Crippen molar-refractivity contribution in [3.05, 3.63) is 32.7 Å². The van der Waals surface area contributed by atoms with Crippen molar-refractivity contribution in [2.45, 2.75) is 6.43 Å². The maximum Gasteiger partial charge on any atom is 0.401 e. The van der Waals surface area contributed by atoms with Crippen LogP contribution in [-0.4, -0.2) is 9.91 Å². The number of alkyl halides is 2. The average molecular weight is 227 g/mol. The minimum absolute atomic E-state index is 0.480. The fraction of sp³-hybridized carbons (Fsp3) is 0.167. The Kier molecular flexibility index (Phi) is 2.90. The van der Waals surface area contributed by atoms with Crippen molar-refractivity contribution < 1.29 is 18.1 Å². The monoisotopic (exact) mass is 226 g/mol. The summed E-state index contributed by atoms with van der Waals surface area (Å²) in [6.07, 6.45) is -2.54. The Labute approximate surface area is 80.5 Å². The third kappa shape index (κ3) is 1.77.